The Labute approximate surface area is 201 Å². The molecule has 3 aromatic carbocycles. The second-order valence-electron chi connectivity index (χ2n) is 7.91. The van der Waals surface area contributed by atoms with Crippen molar-refractivity contribution in [2.24, 2.45) is 0 Å². The monoisotopic (exact) mass is 496 g/mol. The molecule has 4 aromatic rings. The number of amides is 2. The van der Waals surface area contributed by atoms with Crippen molar-refractivity contribution < 1.29 is 22.4 Å². The molecule has 7 nitrogen and oxygen atoms in total. The Hall–Kier alpha value is -3.62. The number of benzene rings is 3. The Kier molecular flexibility index (Phi) is 6.20. The SMILES string of the molecule is Cc1c(C(=O)Nc2ccc(NC(=O)c3cccc(S(C)(=O)=O)c3)c(Cl)c2)oc2c(C)cccc12. The standard InChI is InChI=1S/C25H21ClN2O5S/c1-14-6-4-9-19-15(2)23(33-22(14)19)25(30)27-17-10-11-21(20(26)13-17)28-24(29)16-7-5-8-18(12-16)34(3,31)32/h4-13H,1-3H3,(H,27,30)(H,28,29). The fourth-order valence-corrected chi connectivity index (χ4v) is 4.44. The number of halogens is 1. The molecule has 174 valence electrons. The van der Waals surface area contributed by atoms with Gasteiger partial charge in [-0.1, -0.05) is 35.9 Å². The third-order valence-electron chi connectivity index (χ3n) is 5.37. The van der Waals surface area contributed by atoms with Crippen LogP contribution in [0.25, 0.3) is 11.0 Å². The zero-order valence-electron chi connectivity index (χ0n) is 18.6. The molecule has 0 aliphatic carbocycles. The smallest absolute Gasteiger partial charge is 0.291 e. The van der Waals surface area contributed by atoms with E-state index in [9.17, 15) is 18.0 Å². The lowest BCUT2D eigenvalue weighted by Gasteiger charge is -2.10. The van der Waals surface area contributed by atoms with Gasteiger partial charge in [0, 0.05) is 28.5 Å². The Morgan fingerprint density at radius 1 is 0.912 bits per heavy atom. The quantitative estimate of drug-likeness (QED) is 0.373. The second-order valence-corrected chi connectivity index (χ2v) is 10.3. The molecule has 0 saturated heterocycles. The first-order valence-corrected chi connectivity index (χ1v) is 12.5. The summed E-state index contributed by atoms with van der Waals surface area (Å²) in [5, 5.41) is 6.49. The number of furan rings is 1. The molecule has 1 aromatic heterocycles. The van der Waals surface area contributed by atoms with E-state index in [1.54, 1.807) is 12.1 Å². The van der Waals surface area contributed by atoms with E-state index in [0.717, 1.165) is 22.8 Å². The van der Waals surface area contributed by atoms with Gasteiger partial charge in [0.2, 0.25) is 0 Å². The van der Waals surface area contributed by atoms with Crippen LogP contribution >= 0.6 is 11.6 Å². The molecule has 0 aliphatic heterocycles. The fraction of sp³-hybridized carbons (Fsp3) is 0.120. The number of hydrogen-bond acceptors (Lipinski definition) is 5. The summed E-state index contributed by atoms with van der Waals surface area (Å²) >= 11 is 6.33. The van der Waals surface area contributed by atoms with Crippen LogP contribution < -0.4 is 10.6 Å². The second kappa shape index (κ2) is 8.96. The van der Waals surface area contributed by atoms with Gasteiger partial charge in [0.15, 0.2) is 15.6 Å². The van der Waals surface area contributed by atoms with Crippen LogP contribution in [0.5, 0.6) is 0 Å². The lowest BCUT2D eigenvalue weighted by atomic mass is 10.1. The van der Waals surface area contributed by atoms with E-state index in [1.165, 1.54) is 30.3 Å². The van der Waals surface area contributed by atoms with E-state index in [4.69, 9.17) is 16.0 Å². The normalized spacial score (nSPS) is 11.4. The van der Waals surface area contributed by atoms with Gasteiger partial charge >= 0.3 is 0 Å². The number of sulfone groups is 1. The van der Waals surface area contributed by atoms with Crippen LogP contribution in [0, 0.1) is 13.8 Å². The molecule has 2 amide bonds. The maximum Gasteiger partial charge on any atom is 0.291 e. The molecule has 0 spiro atoms. The molecular formula is C25H21ClN2O5S. The van der Waals surface area contributed by atoms with Crippen LogP contribution in [0.15, 0.2) is 70.0 Å². The van der Waals surface area contributed by atoms with Crippen molar-refractivity contribution in [3.8, 4) is 0 Å². The highest BCUT2D eigenvalue weighted by atomic mass is 35.5. The van der Waals surface area contributed by atoms with Gasteiger partial charge in [0.25, 0.3) is 11.8 Å². The number of nitrogens with one attached hydrogen (secondary N) is 2. The van der Waals surface area contributed by atoms with Crippen molar-refractivity contribution >= 4 is 55.6 Å². The highest BCUT2D eigenvalue weighted by molar-refractivity contribution is 7.90. The number of carbonyl (C=O) groups excluding carboxylic acids is 2. The fourth-order valence-electron chi connectivity index (χ4n) is 3.55. The topological polar surface area (TPSA) is 105 Å². The molecule has 4 rings (SSSR count). The van der Waals surface area contributed by atoms with E-state index < -0.39 is 21.7 Å². The summed E-state index contributed by atoms with van der Waals surface area (Å²) in [6, 6.07) is 16.1. The molecule has 0 unspecified atom stereocenters. The van der Waals surface area contributed by atoms with Gasteiger partial charge in [-0.05, 0) is 55.8 Å². The summed E-state index contributed by atoms with van der Waals surface area (Å²) in [5.74, 6) is -0.723. The summed E-state index contributed by atoms with van der Waals surface area (Å²) in [7, 11) is -3.45. The van der Waals surface area contributed by atoms with Crippen LogP contribution in [-0.2, 0) is 9.84 Å². The first-order valence-electron chi connectivity index (χ1n) is 10.3. The Balaban J connectivity index is 1.52. The minimum atomic E-state index is -3.45. The molecule has 2 N–H and O–H groups in total. The predicted molar refractivity (Wildman–Crippen MR) is 133 cm³/mol. The summed E-state index contributed by atoms with van der Waals surface area (Å²) in [5.41, 5.74) is 3.24. The maximum atomic E-state index is 12.8. The number of rotatable bonds is 5. The average molecular weight is 497 g/mol. The third-order valence-corrected chi connectivity index (χ3v) is 6.79. The molecule has 1 heterocycles. The summed E-state index contributed by atoms with van der Waals surface area (Å²) in [4.78, 5) is 25.5. The van der Waals surface area contributed by atoms with Gasteiger partial charge < -0.3 is 15.1 Å². The highest BCUT2D eigenvalue weighted by Gasteiger charge is 2.19. The zero-order valence-corrected chi connectivity index (χ0v) is 20.2. The summed E-state index contributed by atoms with van der Waals surface area (Å²) < 4.78 is 29.3. The zero-order chi connectivity index (χ0) is 24.6. The van der Waals surface area contributed by atoms with Gasteiger partial charge in [0.1, 0.15) is 5.58 Å². The van der Waals surface area contributed by atoms with Crippen molar-refractivity contribution in [2.45, 2.75) is 18.7 Å². The minimum Gasteiger partial charge on any atom is -0.450 e. The van der Waals surface area contributed by atoms with E-state index in [-0.39, 0.29) is 21.2 Å². The number of anilines is 2. The van der Waals surface area contributed by atoms with Crippen molar-refractivity contribution in [2.75, 3.05) is 16.9 Å². The molecule has 0 fully saturated rings. The summed E-state index contributed by atoms with van der Waals surface area (Å²) in [6.45, 7) is 3.74. The van der Waals surface area contributed by atoms with E-state index >= 15 is 0 Å². The number of aryl methyl sites for hydroxylation is 2. The molecule has 34 heavy (non-hydrogen) atoms. The Morgan fingerprint density at radius 3 is 2.32 bits per heavy atom. The minimum absolute atomic E-state index is 0.0420. The average Bonchev–Trinajstić information content (AvgIpc) is 3.13. The van der Waals surface area contributed by atoms with Crippen LogP contribution in [0.2, 0.25) is 5.02 Å². The molecule has 0 atom stereocenters. The Morgan fingerprint density at radius 2 is 1.65 bits per heavy atom. The van der Waals surface area contributed by atoms with E-state index in [1.807, 2.05) is 32.0 Å². The number of carbonyl (C=O) groups is 2. The van der Waals surface area contributed by atoms with Gasteiger partial charge in [-0.2, -0.15) is 0 Å². The largest absolute Gasteiger partial charge is 0.450 e. The van der Waals surface area contributed by atoms with Crippen LogP contribution in [0.4, 0.5) is 11.4 Å². The van der Waals surface area contributed by atoms with Crippen LogP contribution in [0.1, 0.15) is 32.0 Å². The van der Waals surface area contributed by atoms with E-state index in [2.05, 4.69) is 10.6 Å². The van der Waals surface area contributed by atoms with Gasteiger partial charge in [-0.3, -0.25) is 9.59 Å². The molecule has 9 heteroatoms. The first kappa shape index (κ1) is 23.5. The van der Waals surface area contributed by atoms with Crippen LogP contribution in [0.3, 0.4) is 0 Å². The van der Waals surface area contributed by atoms with Crippen molar-refractivity contribution in [1.29, 1.82) is 0 Å². The molecule has 0 saturated carbocycles. The lowest BCUT2D eigenvalue weighted by molar-refractivity contribution is 0.0995. The maximum absolute atomic E-state index is 12.8. The lowest BCUT2D eigenvalue weighted by Crippen LogP contribution is -2.14. The van der Waals surface area contributed by atoms with Gasteiger partial charge in [-0.25, -0.2) is 8.42 Å². The molecule has 0 aliphatic rings. The molecular weight excluding hydrogens is 476 g/mol. The van der Waals surface area contributed by atoms with Gasteiger partial charge in [-0.15, -0.1) is 0 Å². The molecule has 0 bridgehead atoms. The predicted octanol–water partition coefficient (Wildman–Crippen LogP) is 5.61. The highest BCUT2D eigenvalue weighted by Crippen LogP contribution is 2.30. The van der Waals surface area contributed by atoms with Crippen molar-refractivity contribution in [3.63, 3.8) is 0 Å². The van der Waals surface area contributed by atoms with Crippen molar-refractivity contribution in [3.05, 3.63) is 88.1 Å². The third kappa shape index (κ3) is 4.69. The number of hydrogen-bond donors (Lipinski definition) is 2. The van der Waals surface area contributed by atoms with Crippen LogP contribution in [-0.4, -0.2) is 26.5 Å². The molecule has 0 radical (unpaired) electrons. The van der Waals surface area contributed by atoms with E-state index in [0.29, 0.717) is 17.0 Å². The van der Waals surface area contributed by atoms with Crippen molar-refractivity contribution in [1.82, 2.24) is 0 Å². The Bertz CT molecular complexity index is 1560. The first-order chi connectivity index (χ1) is 16.0. The number of para-hydroxylation sites is 1. The van der Waals surface area contributed by atoms with Gasteiger partial charge in [0.05, 0.1) is 15.6 Å². The number of fused-ring (bicyclic) bond motifs is 1. The summed E-state index contributed by atoms with van der Waals surface area (Å²) in [6.07, 6.45) is 1.07.